The maximum absolute atomic E-state index is 11.9. The Morgan fingerprint density at radius 1 is 0.667 bits per heavy atom. The van der Waals surface area contributed by atoms with Crippen LogP contribution < -0.4 is 0 Å². The second-order valence-corrected chi connectivity index (χ2v) is 5.40. The molecule has 0 unspecified atom stereocenters. The van der Waals surface area contributed by atoms with Crippen LogP contribution in [0, 0.1) is 0 Å². The zero-order valence-corrected chi connectivity index (χ0v) is 14.1. The summed E-state index contributed by atoms with van der Waals surface area (Å²) in [5.74, 6) is -3.66. The molecule has 0 aliphatic rings. The Morgan fingerprint density at radius 3 is 1.41 bits per heavy atom. The van der Waals surface area contributed by atoms with Crippen LogP contribution >= 0.6 is 0 Å². The Hall–Kier alpha value is -3.68. The van der Waals surface area contributed by atoms with Gasteiger partial charge in [-0.25, -0.2) is 19.2 Å². The molecule has 0 aliphatic heterocycles. The first-order valence-corrected chi connectivity index (χ1v) is 7.89. The van der Waals surface area contributed by atoms with E-state index in [-0.39, 0.29) is 41.9 Å². The van der Waals surface area contributed by atoms with E-state index < -0.39 is 23.9 Å². The summed E-state index contributed by atoms with van der Waals surface area (Å²) in [6, 6.07) is 10.9. The van der Waals surface area contributed by atoms with Gasteiger partial charge in [-0.3, -0.25) is 0 Å². The van der Waals surface area contributed by atoms with Crippen LogP contribution in [0.5, 0.6) is 0 Å². The molecule has 0 radical (unpaired) electrons. The fraction of sp³-hybridized carbons (Fsp3) is 0.158. The molecule has 8 heteroatoms. The second-order valence-electron chi connectivity index (χ2n) is 5.40. The third-order valence-electron chi connectivity index (χ3n) is 3.45. The molecule has 2 N–H and O–H groups in total. The summed E-state index contributed by atoms with van der Waals surface area (Å²) in [7, 11) is 0. The molecule has 2 rings (SSSR count). The van der Waals surface area contributed by atoms with Crippen molar-refractivity contribution in [3.63, 3.8) is 0 Å². The van der Waals surface area contributed by atoms with E-state index in [0.29, 0.717) is 0 Å². The summed E-state index contributed by atoms with van der Waals surface area (Å²) in [6.45, 7) is -0.0584. The van der Waals surface area contributed by atoms with Gasteiger partial charge in [0.15, 0.2) is 0 Å². The smallest absolute Gasteiger partial charge is 0.338 e. The highest BCUT2D eigenvalue weighted by molar-refractivity contribution is 5.95. The number of rotatable bonds is 8. The number of carboxylic acid groups (broad SMARTS) is 2. The van der Waals surface area contributed by atoms with Gasteiger partial charge in [-0.1, -0.05) is 12.1 Å². The zero-order valence-electron chi connectivity index (χ0n) is 14.1. The molecule has 0 saturated heterocycles. The minimum absolute atomic E-state index is 0.0260. The van der Waals surface area contributed by atoms with Crippen LogP contribution in [-0.4, -0.2) is 47.3 Å². The van der Waals surface area contributed by atoms with Crippen LogP contribution in [0.15, 0.2) is 48.5 Å². The third kappa shape index (κ3) is 5.67. The van der Waals surface area contributed by atoms with E-state index in [2.05, 4.69) is 0 Å². The molecule has 2 aromatic carbocycles. The highest BCUT2D eigenvalue weighted by Crippen LogP contribution is 2.09. The molecule has 0 atom stereocenters. The molecule has 0 aromatic heterocycles. The number of benzene rings is 2. The Labute approximate surface area is 154 Å². The molecule has 2 aromatic rings. The molecule has 0 aliphatic carbocycles. The van der Waals surface area contributed by atoms with Gasteiger partial charge in [-0.05, 0) is 36.4 Å². The van der Waals surface area contributed by atoms with E-state index in [0.717, 1.165) is 0 Å². The summed E-state index contributed by atoms with van der Waals surface area (Å²) in [5, 5.41) is 17.8. The molecule has 0 bridgehead atoms. The first-order valence-electron chi connectivity index (χ1n) is 7.89. The van der Waals surface area contributed by atoms with Crippen molar-refractivity contribution in [1.82, 2.24) is 0 Å². The van der Waals surface area contributed by atoms with Crippen molar-refractivity contribution < 1.29 is 38.9 Å². The normalized spacial score (nSPS) is 10.1. The fourth-order valence-electron chi connectivity index (χ4n) is 2.11. The van der Waals surface area contributed by atoms with Gasteiger partial charge in [0.2, 0.25) is 0 Å². The summed E-state index contributed by atoms with van der Waals surface area (Å²) >= 11 is 0. The van der Waals surface area contributed by atoms with Gasteiger partial charge in [-0.15, -0.1) is 0 Å². The molecular formula is C19H16O8. The van der Waals surface area contributed by atoms with Crippen LogP contribution in [0.4, 0.5) is 0 Å². The maximum atomic E-state index is 11.9. The molecule has 0 spiro atoms. The number of carbonyl (C=O) groups excluding carboxylic acids is 2. The fourth-order valence-corrected chi connectivity index (χ4v) is 2.11. The Balaban J connectivity index is 1.77. The average Bonchev–Trinajstić information content (AvgIpc) is 2.67. The highest BCUT2D eigenvalue weighted by Gasteiger charge is 2.12. The first kappa shape index (κ1) is 19.6. The lowest BCUT2D eigenvalue weighted by atomic mass is 10.1. The lowest BCUT2D eigenvalue weighted by molar-refractivity contribution is 0.0395. The molecule has 27 heavy (non-hydrogen) atoms. The molecule has 0 amide bonds. The van der Waals surface area contributed by atoms with Gasteiger partial charge < -0.3 is 19.7 Å². The molecule has 0 heterocycles. The number of carboxylic acids is 2. The number of aromatic carboxylic acids is 2. The number of hydrogen-bond acceptors (Lipinski definition) is 6. The Morgan fingerprint density at radius 2 is 1.04 bits per heavy atom. The largest absolute Gasteiger partial charge is 0.478 e. The predicted octanol–water partition coefficient (Wildman–Crippen LogP) is 2.49. The van der Waals surface area contributed by atoms with Crippen molar-refractivity contribution in [3.8, 4) is 0 Å². The topological polar surface area (TPSA) is 127 Å². The van der Waals surface area contributed by atoms with E-state index in [1.165, 1.54) is 48.5 Å². The Kier molecular flexibility index (Phi) is 6.65. The van der Waals surface area contributed by atoms with Gasteiger partial charge in [0.05, 0.1) is 35.5 Å². The summed E-state index contributed by atoms with van der Waals surface area (Å²) < 4.78 is 10.0. The molecule has 0 fully saturated rings. The Bertz CT molecular complexity index is 800. The van der Waals surface area contributed by atoms with Crippen molar-refractivity contribution in [2.24, 2.45) is 0 Å². The van der Waals surface area contributed by atoms with Gasteiger partial charge in [0.1, 0.15) is 0 Å². The maximum Gasteiger partial charge on any atom is 0.338 e. The third-order valence-corrected chi connectivity index (χ3v) is 3.45. The molecular weight excluding hydrogens is 356 g/mol. The van der Waals surface area contributed by atoms with Crippen molar-refractivity contribution in [2.75, 3.05) is 13.2 Å². The van der Waals surface area contributed by atoms with Crippen molar-refractivity contribution in [2.45, 2.75) is 6.42 Å². The van der Waals surface area contributed by atoms with Crippen molar-refractivity contribution in [1.29, 1.82) is 0 Å². The van der Waals surface area contributed by atoms with Crippen LogP contribution in [0.2, 0.25) is 0 Å². The lowest BCUT2D eigenvalue weighted by Crippen LogP contribution is -2.12. The zero-order chi connectivity index (χ0) is 19.8. The molecule has 140 valence electrons. The quantitative estimate of drug-likeness (QED) is 0.534. The highest BCUT2D eigenvalue weighted by atomic mass is 16.5. The van der Waals surface area contributed by atoms with E-state index in [1.807, 2.05) is 0 Å². The van der Waals surface area contributed by atoms with Gasteiger partial charge in [0.25, 0.3) is 0 Å². The van der Waals surface area contributed by atoms with Crippen molar-refractivity contribution in [3.05, 3.63) is 70.8 Å². The molecule has 0 saturated carbocycles. The van der Waals surface area contributed by atoms with Crippen LogP contribution in [0.25, 0.3) is 0 Å². The van der Waals surface area contributed by atoms with E-state index in [1.54, 1.807) is 0 Å². The minimum Gasteiger partial charge on any atom is -0.478 e. The summed E-state index contributed by atoms with van der Waals surface area (Å²) in [4.78, 5) is 45.5. The second kappa shape index (κ2) is 9.14. The predicted molar refractivity (Wildman–Crippen MR) is 92.0 cm³/mol. The monoisotopic (exact) mass is 372 g/mol. The minimum atomic E-state index is -1.15. The van der Waals surface area contributed by atoms with Crippen LogP contribution in [0.1, 0.15) is 47.9 Å². The van der Waals surface area contributed by atoms with Gasteiger partial charge in [-0.2, -0.15) is 0 Å². The number of ether oxygens (including phenoxy) is 2. The SMILES string of the molecule is O=C(O)c1cccc(C(=O)OCCCOC(=O)c2cccc(C(=O)O)c2)c1. The van der Waals surface area contributed by atoms with Crippen LogP contribution in [-0.2, 0) is 9.47 Å². The van der Waals surface area contributed by atoms with Crippen molar-refractivity contribution >= 4 is 23.9 Å². The summed E-state index contributed by atoms with van der Waals surface area (Å²) in [5.41, 5.74) is 0.165. The lowest BCUT2D eigenvalue weighted by Gasteiger charge is -2.07. The number of esters is 2. The number of hydrogen-bond donors (Lipinski definition) is 2. The van der Waals surface area contributed by atoms with E-state index in [9.17, 15) is 19.2 Å². The van der Waals surface area contributed by atoms with Gasteiger partial charge >= 0.3 is 23.9 Å². The van der Waals surface area contributed by atoms with Crippen LogP contribution in [0.3, 0.4) is 0 Å². The number of carbonyl (C=O) groups is 4. The van der Waals surface area contributed by atoms with E-state index >= 15 is 0 Å². The summed E-state index contributed by atoms with van der Waals surface area (Å²) in [6.07, 6.45) is 0.231. The van der Waals surface area contributed by atoms with E-state index in [4.69, 9.17) is 19.7 Å². The first-order chi connectivity index (χ1) is 12.9. The average molecular weight is 372 g/mol. The molecule has 8 nitrogen and oxygen atoms in total. The van der Waals surface area contributed by atoms with Gasteiger partial charge in [0, 0.05) is 6.42 Å². The standard InChI is InChI=1S/C19H16O8/c20-16(21)12-4-1-6-14(10-12)18(24)26-8-3-9-27-19(25)15-7-2-5-13(11-15)17(22)23/h1-2,4-7,10-11H,3,8-9H2,(H,20,21)(H,22,23).